The molecule has 3 aromatic rings. The average Bonchev–Trinajstić information content (AvgIpc) is 1.84. The van der Waals surface area contributed by atoms with Gasteiger partial charge in [-0.15, -0.1) is 0 Å². The molecule has 0 aliphatic carbocycles. The Morgan fingerprint density at radius 1 is 1.10 bits per heavy atom. The maximum atomic E-state index is 5.15. The van der Waals surface area contributed by atoms with E-state index in [0.29, 0.717) is 0 Å². The minimum atomic E-state index is 0.948. The Balaban J connectivity index is 2.67. The van der Waals surface area contributed by atoms with Crippen molar-refractivity contribution in [3.63, 3.8) is 0 Å². The van der Waals surface area contributed by atoms with Crippen LogP contribution in [0.5, 0.6) is 0 Å². The van der Waals surface area contributed by atoms with Gasteiger partial charge in [-0.2, -0.15) is 0 Å². The third-order valence-electron chi connectivity index (χ3n) is 1.47. The molecular weight excluding hydrogens is 168 g/mol. The molecular formula is C6H2O2S2. The number of fused-ring (bicyclic) bond motifs is 3. The first-order chi connectivity index (χ1) is 4.95. The molecule has 0 unspecified atom stereocenters. The summed E-state index contributed by atoms with van der Waals surface area (Å²) < 4.78 is 12.6. The molecule has 0 fully saturated rings. The van der Waals surface area contributed by atoms with Gasteiger partial charge < -0.3 is 7.70 Å². The lowest BCUT2D eigenvalue weighted by molar-refractivity contribution is 0.719. The van der Waals surface area contributed by atoms with E-state index in [1.165, 1.54) is 28.0 Å². The first-order valence-electron chi connectivity index (χ1n) is 2.81. The van der Waals surface area contributed by atoms with Crippen molar-refractivity contribution in [2.75, 3.05) is 0 Å². The predicted molar refractivity (Wildman–Crippen MR) is 41.7 cm³/mol. The van der Waals surface area contributed by atoms with E-state index < -0.39 is 0 Å². The molecule has 0 aliphatic heterocycles. The minimum Gasteiger partial charge on any atom is -0.399 e. The molecule has 50 valence electrons. The van der Waals surface area contributed by atoms with Gasteiger partial charge >= 0.3 is 0 Å². The summed E-state index contributed by atoms with van der Waals surface area (Å²) in [5, 5.41) is 0. The van der Waals surface area contributed by atoms with E-state index in [-0.39, 0.29) is 0 Å². The second-order valence-corrected chi connectivity index (χ2v) is 3.57. The van der Waals surface area contributed by atoms with Crippen LogP contribution in [0.4, 0.5) is 0 Å². The molecule has 0 aliphatic rings. The van der Waals surface area contributed by atoms with Crippen molar-refractivity contribution in [1.29, 1.82) is 0 Å². The molecule has 0 radical (unpaired) electrons. The number of hydrogen-bond donors (Lipinski definition) is 0. The van der Waals surface area contributed by atoms with E-state index >= 15 is 0 Å². The van der Waals surface area contributed by atoms with Crippen LogP contribution in [0.1, 0.15) is 0 Å². The lowest BCUT2D eigenvalue weighted by Gasteiger charge is -2.02. The van der Waals surface area contributed by atoms with Crippen molar-refractivity contribution in [2.45, 2.75) is 0 Å². The van der Waals surface area contributed by atoms with E-state index in [2.05, 4.69) is 0 Å². The largest absolute Gasteiger partial charge is 0.399 e. The summed E-state index contributed by atoms with van der Waals surface area (Å²) in [6.45, 7) is 0. The normalized spacial score (nSPS) is 12.0. The molecule has 0 saturated heterocycles. The van der Waals surface area contributed by atoms with Crippen molar-refractivity contribution in [1.82, 2.24) is 0 Å². The highest BCUT2D eigenvalue weighted by Crippen LogP contribution is 2.37. The molecule has 2 nitrogen and oxygen atoms in total. The molecule has 2 aromatic heterocycles. The van der Waals surface area contributed by atoms with E-state index in [1.807, 2.05) is 12.1 Å². The second kappa shape index (κ2) is 1.46. The average molecular weight is 170 g/mol. The fourth-order valence-corrected chi connectivity index (χ4v) is 2.22. The topological polar surface area (TPSA) is 26.3 Å². The van der Waals surface area contributed by atoms with Crippen molar-refractivity contribution in [3.8, 4) is 0 Å². The Morgan fingerprint density at radius 2 is 2.10 bits per heavy atom. The van der Waals surface area contributed by atoms with Gasteiger partial charge in [0.2, 0.25) is 0 Å². The highest BCUT2D eigenvalue weighted by Gasteiger charge is 2.11. The molecule has 0 saturated carbocycles. The van der Waals surface area contributed by atoms with E-state index in [9.17, 15) is 0 Å². The zero-order chi connectivity index (χ0) is 6.55. The van der Waals surface area contributed by atoms with Gasteiger partial charge in [0.1, 0.15) is 4.70 Å². The standard InChI is InChI=1S/C6H2O2S2/c1-2-4-5(8-9-4)6-3(1)7-10-6/h1-2H. The first kappa shape index (κ1) is 4.98. The maximum Gasteiger partial charge on any atom is 0.188 e. The van der Waals surface area contributed by atoms with Gasteiger partial charge in [-0.25, -0.2) is 0 Å². The SMILES string of the molecule is c1cc2soc2c2soc12. The lowest BCUT2D eigenvalue weighted by Crippen LogP contribution is -1.75. The summed E-state index contributed by atoms with van der Waals surface area (Å²) in [6.07, 6.45) is 0. The van der Waals surface area contributed by atoms with Crippen LogP contribution in [0, 0.1) is 0 Å². The van der Waals surface area contributed by atoms with Gasteiger partial charge in [0.15, 0.2) is 15.9 Å². The molecule has 2 heterocycles. The molecule has 10 heavy (non-hydrogen) atoms. The fourth-order valence-electron chi connectivity index (χ4n) is 0.921. The first-order valence-corrected chi connectivity index (χ1v) is 4.29. The van der Waals surface area contributed by atoms with Crippen LogP contribution < -0.4 is 0 Å². The van der Waals surface area contributed by atoms with Crippen LogP contribution in [-0.2, 0) is 0 Å². The highest BCUT2D eigenvalue weighted by atomic mass is 32.1. The van der Waals surface area contributed by atoms with E-state index in [0.717, 1.165) is 15.9 Å². The molecule has 0 N–H and O–H groups in total. The third-order valence-corrected chi connectivity index (χ3v) is 3.04. The molecule has 0 spiro atoms. The lowest BCUT2D eigenvalue weighted by atomic mass is 10.3. The van der Waals surface area contributed by atoms with Gasteiger partial charge in [-0.1, -0.05) is 0 Å². The fraction of sp³-hybridized carbons (Fsp3) is 0. The quantitative estimate of drug-likeness (QED) is 0.517. The Kier molecular flexibility index (Phi) is 0.728. The van der Waals surface area contributed by atoms with Crippen LogP contribution in [-0.4, -0.2) is 0 Å². The van der Waals surface area contributed by atoms with E-state index in [1.54, 1.807) is 0 Å². The van der Waals surface area contributed by atoms with Crippen molar-refractivity contribution < 1.29 is 7.70 Å². The number of benzene rings is 1. The summed E-state index contributed by atoms with van der Waals surface area (Å²) in [6, 6.07) is 3.99. The van der Waals surface area contributed by atoms with Crippen LogP contribution in [0.25, 0.3) is 20.6 Å². The van der Waals surface area contributed by atoms with Crippen molar-refractivity contribution in [3.05, 3.63) is 12.1 Å². The molecule has 0 atom stereocenters. The van der Waals surface area contributed by atoms with Crippen LogP contribution >= 0.6 is 23.3 Å². The van der Waals surface area contributed by atoms with Gasteiger partial charge in [-0.3, -0.25) is 0 Å². The Labute approximate surface area is 64.1 Å². The third kappa shape index (κ3) is 0.413. The molecule has 0 bridgehead atoms. The Morgan fingerprint density at radius 3 is 2.60 bits per heavy atom. The summed E-state index contributed by atoms with van der Waals surface area (Å²) in [5.41, 5.74) is 1.95. The van der Waals surface area contributed by atoms with Crippen LogP contribution in [0.2, 0.25) is 0 Å². The van der Waals surface area contributed by atoms with Gasteiger partial charge in [0.25, 0.3) is 0 Å². The van der Waals surface area contributed by atoms with Crippen LogP contribution in [0.15, 0.2) is 19.8 Å². The van der Waals surface area contributed by atoms with Gasteiger partial charge in [0, 0.05) is 11.6 Å². The summed E-state index contributed by atoms with van der Waals surface area (Å²) in [5.74, 6) is 0. The maximum absolute atomic E-state index is 5.15. The Bertz CT molecular complexity index is 423. The highest BCUT2D eigenvalue weighted by molar-refractivity contribution is 7.17. The molecule has 3 rings (SSSR count). The number of rotatable bonds is 0. The van der Waals surface area contributed by atoms with Crippen molar-refractivity contribution in [2.24, 2.45) is 0 Å². The molecule has 0 amide bonds. The monoisotopic (exact) mass is 170 g/mol. The predicted octanol–water partition coefficient (Wildman–Crippen LogP) is 3.30. The second-order valence-electron chi connectivity index (χ2n) is 2.05. The zero-order valence-corrected chi connectivity index (χ0v) is 6.42. The summed E-state index contributed by atoms with van der Waals surface area (Å²) in [4.78, 5) is 0. The van der Waals surface area contributed by atoms with Crippen molar-refractivity contribution >= 4 is 43.8 Å². The summed E-state index contributed by atoms with van der Waals surface area (Å²) in [7, 11) is 0. The minimum absolute atomic E-state index is 0.948. The van der Waals surface area contributed by atoms with E-state index in [4.69, 9.17) is 7.70 Å². The van der Waals surface area contributed by atoms with Crippen LogP contribution in [0.3, 0.4) is 0 Å². The molecule has 1 aromatic carbocycles. The summed E-state index contributed by atoms with van der Waals surface area (Å²) >= 11 is 2.80. The Hall–Kier alpha value is -0.740. The smallest absolute Gasteiger partial charge is 0.188 e. The van der Waals surface area contributed by atoms with Gasteiger partial charge in [0.05, 0.1) is 11.6 Å². The molecule has 4 heteroatoms. The van der Waals surface area contributed by atoms with Gasteiger partial charge in [-0.05, 0) is 12.1 Å². The zero-order valence-electron chi connectivity index (χ0n) is 4.79. The number of hydrogen-bond acceptors (Lipinski definition) is 4.